The van der Waals surface area contributed by atoms with E-state index in [1.807, 2.05) is 37.3 Å². The Balaban J connectivity index is 1.46. The molecule has 0 spiro atoms. The number of aryl methyl sites for hydroxylation is 1. The average Bonchev–Trinajstić information content (AvgIpc) is 3.19. The molecule has 0 atom stereocenters. The number of amides is 3. The predicted molar refractivity (Wildman–Crippen MR) is 118 cm³/mol. The number of carbonyl (C=O) groups excluding carboxylic acids is 3. The molecule has 30 heavy (non-hydrogen) atoms. The summed E-state index contributed by atoms with van der Waals surface area (Å²) in [4.78, 5) is 40.7. The largest absolute Gasteiger partial charge is 0.347 e. The van der Waals surface area contributed by atoms with Gasteiger partial charge in [0.05, 0.1) is 18.7 Å². The van der Waals surface area contributed by atoms with Crippen LogP contribution in [0.25, 0.3) is 0 Å². The van der Waals surface area contributed by atoms with Gasteiger partial charge in [-0.25, -0.2) is 4.98 Å². The number of carbonyl (C=O) groups is 3. The molecule has 0 radical (unpaired) electrons. The molecule has 8 heteroatoms. The average molecular weight is 423 g/mol. The highest BCUT2D eigenvalue weighted by Crippen LogP contribution is 2.17. The maximum absolute atomic E-state index is 12.2. The second-order valence-electron chi connectivity index (χ2n) is 6.48. The molecule has 3 aromatic rings. The van der Waals surface area contributed by atoms with Crippen molar-refractivity contribution in [3.63, 3.8) is 0 Å². The number of para-hydroxylation sites is 1. The minimum atomic E-state index is -0.319. The number of rotatable bonds is 8. The van der Waals surface area contributed by atoms with Crippen LogP contribution in [0.3, 0.4) is 0 Å². The molecule has 0 bridgehead atoms. The van der Waals surface area contributed by atoms with E-state index in [1.165, 1.54) is 11.3 Å². The summed E-state index contributed by atoms with van der Waals surface area (Å²) < 4.78 is 0. The van der Waals surface area contributed by atoms with Gasteiger partial charge >= 0.3 is 0 Å². The van der Waals surface area contributed by atoms with Crippen molar-refractivity contribution < 1.29 is 14.4 Å². The van der Waals surface area contributed by atoms with Crippen LogP contribution in [0.15, 0.2) is 60.0 Å². The number of nitrogens with zero attached hydrogens (tertiary/aromatic N) is 1. The van der Waals surface area contributed by atoms with E-state index in [1.54, 1.807) is 29.6 Å². The summed E-state index contributed by atoms with van der Waals surface area (Å²) in [5.41, 5.74) is 2.84. The molecule has 7 nitrogen and oxygen atoms in total. The van der Waals surface area contributed by atoms with E-state index in [9.17, 15) is 14.4 Å². The fraction of sp³-hybridized carbons (Fsp3) is 0.182. The zero-order valence-electron chi connectivity index (χ0n) is 16.5. The van der Waals surface area contributed by atoms with Crippen molar-refractivity contribution >= 4 is 39.9 Å². The molecule has 0 saturated carbocycles. The van der Waals surface area contributed by atoms with Crippen molar-refractivity contribution in [3.8, 4) is 0 Å². The Morgan fingerprint density at radius 1 is 0.933 bits per heavy atom. The summed E-state index contributed by atoms with van der Waals surface area (Å²) >= 11 is 1.24. The lowest BCUT2D eigenvalue weighted by Gasteiger charge is -2.10. The molecule has 0 unspecified atom stereocenters. The molecule has 0 fully saturated rings. The van der Waals surface area contributed by atoms with E-state index in [2.05, 4.69) is 20.9 Å². The van der Waals surface area contributed by atoms with Crippen molar-refractivity contribution in [1.82, 2.24) is 10.3 Å². The maximum Gasteiger partial charge on any atom is 0.257 e. The molecular weight excluding hydrogens is 400 g/mol. The second-order valence-corrected chi connectivity index (χ2v) is 7.33. The first-order valence-electron chi connectivity index (χ1n) is 9.50. The van der Waals surface area contributed by atoms with Crippen LogP contribution in [0.4, 0.5) is 10.8 Å². The van der Waals surface area contributed by atoms with Gasteiger partial charge in [0.2, 0.25) is 11.8 Å². The minimum absolute atomic E-state index is 0.0243. The number of hydrogen-bond donors (Lipinski definition) is 3. The van der Waals surface area contributed by atoms with Crippen molar-refractivity contribution in [2.24, 2.45) is 0 Å². The number of hydrogen-bond acceptors (Lipinski definition) is 5. The molecule has 3 rings (SSSR count). The van der Waals surface area contributed by atoms with Crippen LogP contribution < -0.4 is 16.0 Å². The summed E-state index contributed by atoms with van der Waals surface area (Å²) in [7, 11) is 0. The molecular formula is C22H22N4O3S. The summed E-state index contributed by atoms with van der Waals surface area (Å²) in [5, 5.41) is 10.2. The standard InChI is InChI=1S/C22H22N4O3S/c1-2-15-8-6-7-11-18(15)25-20(28)13-23-19(27)12-17-14-30-22(24-17)26-21(29)16-9-4-3-5-10-16/h3-11,14H,2,12-13H2,1H3,(H,23,27)(H,25,28)(H,24,26,29). The Kier molecular flexibility index (Phi) is 7.29. The van der Waals surface area contributed by atoms with Crippen LogP contribution in [0, 0.1) is 0 Å². The number of aromatic nitrogens is 1. The van der Waals surface area contributed by atoms with Crippen LogP contribution in [0.5, 0.6) is 0 Å². The first-order chi connectivity index (χ1) is 14.5. The SMILES string of the molecule is CCc1ccccc1NC(=O)CNC(=O)Cc1csc(NC(=O)c2ccccc2)n1. The quantitative estimate of drug-likeness (QED) is 0.519. The molecule has 0 saturated heterocycles. The van der Waals surface area contributed by atoms with E-state index >= 15 is 0 Å². The Morgan fingerprint density at radius 3 is 2.43 bits per heavy atom. The van der Waals surface area contributed by atoms with Gasteiger partial charge in [-0.15, -0.1) is 11.3 Å². The van der Waals surface area contributed by atoms with E-state index in [0.29, 0.717) is 16.4 Å². The van der Waals surface area contributed by atoms with Gasteiger partial charge in [0.15, 0.2) is 5.13 Å². The van der Waals surface area contributed by atoms with E-state index in [-0.39, 0.29) is 30.7 Å². The van der Waals surface area contributed by atoms with Crippen molar-refractivity contribution in [2.45, 2.75) is 19.8 Å². The number of benzene rings is 2. The fourth-order valence-corrected chi connectivity index (χ4v) is 3.46. The lowest BCUT2D eigenvalue weighted by atomic mass is 10.1. The molecule has 1 heterocycles. The molecule has 0 aliphatic rings. The third kappa shape index (κ3) is 5.99. The lowest BCUT2D eigenvalue weighted by Crippen LogP contribution is -2.34. The van der Waals surface area contributed by atoms with Gasteiger partial charge in [-0.3, -0.25) is 19.7 Å². The Labute approximate surface area is 178 Å². The first-order valence-corrected chi connectivity index (χ1v) is 10.4. The normalized spacial score (nSPS) is 10.3. The van der Waals surface area contributed by atoms with Crippen molar-refractivity contribution in [2.75, 3.05) is 17.2 Å². The summed E-state index contributed by atoms with van der Waals surface area (Å²) in [5.74, 6) is -0.872. The number of thiazole rings is 1. The highest BCUT2D eigenvalue weighted by atomic mass is 32.1. The van der Waals surface area contributed by atoms with Crippen LogP contribution in [-0.2, 0) is 22.4 Å². The summed E-state index contributed by atoms with van der Waals surface area (Å²) in [6, 6.07) is 16.4. The molecule has 0 aliphatic carbocycles. The molecule has 154 valence electrons. The molecule has 2 aromatic carbocycles. The smallest absolute Gasteiger partial charge is 0.257 e. The van der Waals surface area contributed by atoms with Gasteiger partial charge in [-0.05, 0) is 30.2 Å². The van der Waals surface area contributed by atoms with Crippen molar-refractivity contribution in [3.05, 3.63) is 76.8 Å². The highest BCUT2D eigenvalue weighted by Gasteiger charge is 2.12. The van der Waals surface area contributed by atoms with Crippen LogP contribution in [-0.4, -0.2) is 29.3 Å². The second kappa shape index (κ2) is 10.3. The van der Waals surface area contributed by atoms with E-state index in [0.717, 1.165) is 17.7 Å². The third-order valence-corrected chi connectivity index (χ3v) is 5.07. The van der Waals surface area contributed by atoms with E-state index < -0.39 is 0 Å². The minimum Gasteiger partial charge on any atom is -0.347 e. The topological polar surface area (TPSA) is 100 Å². The van der Waals surface area contributed by atoms with Gasteiger partial charge in [0, 0.05) is 16.6 Å². The van der Waals surface area contributed by atoms with Gasteiger partial charge in [0.25, 0.3) is 5.91 Å². The summed E-state index contributed by atoms with van der Waals surface area (Å²) in [6.07, 6.45) is 0.826. The Bertz CT molecular complexity index is 1030. The lowest BCUT2D eigenvalue weighted by molar-refractivity contribution is -0.123. The highest BCUT2D eigenvalue weighted by molar-refractivity contribution is 7.14. The Hall–Kier alpha value is -3.52. The predicted octanol–water partition coefficient (Wildman–Crippen LogP) is 3.26. The number of anilines is 2. The molecule has 3 N–H and O–H groups in total. The van der Waals surface area contributed by atoms with Crippen LogP contribution >= 0.6 is 11.3 Å². The van der Waals surface area contributed by atoms with Crippen molar-refractivity contribution in [1.29, 1.82) is 0 Å². The third-order valence-electron chi connectivity index (χ3n) is 4.27. The fourth-order valence-electron chi connectivity index (χ4n) is 2.76. The van der Waals surface area contributed by atoms with Gasteiger partial charge in [-0.2, -0.15) is 0 Å². The monoisotopic (exact) mass is 422 g/mol. The maximum atomic E-state index is 12.2. The Morgan fingerprint density at radius 2 is 1.67 bits per heavy atom. The first kappa shape index (κ1) is 21.2. The molecule has 1 aromatic heterocycles. The van der Waals surface area contributed by atoms with Gasteiger partial charge in [0.1, 0.15) is 0 Å². The zero-order chi connectivity index (χ0) is 21.3. The number of nitrogens with one attached hydrogen (secondary N) is 3. The molecule has 0 aliphatic heterocycles. The van der Waals surface area contributed by atoms with Gasteiger partial charge < -0.3 is 10.6 Å². The van der Waals surface area contributed by atoms with Gasteiger partial charge in [-0.1, -0.05) is 43.3 Å². The zero-order valence-corrected chi connectivity index (χ0v) is 17.3. The van der Waals surface area contributed by atoms with Crippen LogP contribution in [0.1, 0.15) is 28.5 Å². The summed E-state index contributed by atoms with van der Waals surface area (Å²) in [6.45, 7) is 1.88. The molecule has 3 amide bonds. The van der Waals surface area contributed by atoms with Crippen LogP contribution in [0.2, 0.25) is 0 Å². The van der Waals surface area contributed by atoms with E-state index in [4.69, 9.17) is 0 Å².